The third-order valence-corrected chi connectivity index (χ3v) is 6.37. The van der Waals surface area contributed by atoms with Crippen LogP contribution in [0.2, 0.25) is 0 Å². The van der Waals surface area contributed by atoms with Gasteiger partial charge >= 0.3 is 0 Å². The summed E-state index contributed by atoms with van der Waals surface area (Å²) in [6.45, 7) is 4.16. The number of aromatic amines is 1. The van der Waals surface area contributed by atoms with E-state index >= 15 is 0 Å². The molecular formula is C19H20N4O4S. The molecule has 0 spiro atoms. The summed E-state index contributed by atoms with van der Waals surface area (Å²) in [5.41, 5.74) is 0.904. The van der Waals surface area contributed by atoms with Crippen molar-refractivity contribution in [3.8, 4) is 5.88 Å². The monoisotopic (exact) mass is 400 g/mol. The number of nitrogens with one attached hydrogen (secondary N) is 1. The summed E-state index contributed by atoms with van der Waals surface area (Å²) in [7, 11) is -3.69. The second kappa shape index (κ2) is 7.91. The summed E-state index contributed by atoms with van der Waals surface area (Å²) in [5.74, 6) is -0.906. The van der Waals surface area contributed by atoms with Gasteiger partial charge in [0, 0.05) is 24.0 Å². The van der Waals surface area contributed by atoms with Gasteiger partial charge in [-0.3, -0.25) is 4.79 Å². The van der Waals surface area contributed by atoms with Gasteiger partial charge in [0.1, 0.15) is 0 Å². The second-order valence-corrected chi connectivity index (χ2v) is 7.93. The quantitative estimate of drug-likeness (QED) is 0.612. The number of sulfonamides is 1. The van der Waals surface area contributed by atoms with Crippen molar-refractivity contribution >= 4 is 32.5 Å². The fourth-order valence-electron chi connectivity index (χ4n) is 2.87. The molecule has 146 valence electrons. The number of aromatic hydroxyl groups is 1. The Bertz CT molecular complexity index is 1150. The number of aromatic nitrogens is 1. The highest BCUT2D eigenvalue weighted by Crippen LogP contribution is 2.35. The largest absolute Gasteiger partial charge is 0.493 e. The number of carbonyl (C=O) groups excluding carboxylic acids is 1. The highest BCUT2D eigenvalue weighted by Gasteiger charge is 2.22. The summed E-state index contributed by atoms with van der Waals surface area (Å²) in [6.07, 6.45) is 0. The Hall–Kier alpha value is -3.04. The maximum atomic E-state index is 12.6. The lowest BCUT2D eigenvalue weighted by Gasteiger charge is -2.18. The maximum Gasteiger partial charge on any atom is 0.295 e. The number of benzene rings is 2. The minimum Gasteiger partial charge on any atom is -0.493 e. The molecule has 1 heterocycles. The fraction of sp³-hybridized carbons (Fsp3) is 0.211. The molecule has 0 aliphatic rings. The van der Waals surface area contributed by atoms with Crippen molar-refractivity contribution in [3.63, 3.8) is 0 Å². The molecule has 0 aliphatic heterocycles. The number of hydrogen-bond donors (Lipinski definition) is 2. The first kappa shape index (κ1) is 19.7. The van der Waals surface area contributed by atoms with Gasteiger partial charge < -0.3 is 10.1 Å². The van der Waals surface area contributed by atoms with Gasteiger partial charge in [-0.25, -0.2) is 8.42 Å². The first-order chi connectivity index (χ1) is 13.4. The van der Waals surface area contributed by atoms with Gasteiger partial charge in [0.15, 0.2) is 5.69 Å². The van der Waals surface area contributed by atoms with E-state index in [0.29, 0.717) is 24.0 Å². The van der Waals surface area contributed by atoms with E-state index < -0.39 is 15.9 Å². The van der Waals surface area contributed by atoms with E-state index in [0.717, 1.165) is 0 Å². The molecule has 0 aliphatic carbocycles. The molecular weight excluding hydrogens is 380 g/mol. The van der Waals surface area contributed by atoms with Crippen molar-refractivity contribution in [2.45, 2.75) is 18.7 Å². The van der Waals surface area contributed by atoms with E-state index in [1.165, 1.54) is 28.6 Å². The zero-order valence-electron chi connectivity index (χ0n) is 15.5. The van der Waals surface area contributed by atoms with Crippen LogP contribution in [0.3, 0.4) is 0 Å². The van der Waals surface area contributed by atoms with E-state index in [1.54, 1.807) is 38.1 Å². The van der Waals surface area contributed by atoms with Crippen molar-refractivity contribution in [3.05, 3.63) is 54.1 Å². The van der Waals surface area contributed by atoms with Crippen LogP contribution in [0, 0.1) is 0 Å². The number of fused-ring (bicyclic) bond motifs is 1. The lowest BCUT2D eigenvalue weighted by Crippen LogP contribution is -2.30. The van der Waals surface area contributed by atoms with E-state index in [2.05, 4.69) is 15.2 Å². The number of carbonyl (C=O) groups is 1. The van der Waals surface area contributed by atoms with Crippen LogP contribution in [0.5, 0.6) is 5.88 Å². The van der Waals surface area contributed by atoms with Gasteiger partial charge in [-0.1, -0.05) is 38.1 Å². The summed E-state index contributed by atoms with van der Waals surface area (Å²) in [5, 5.41) is 18.1. The number of H-pyrrole nitrogens is 1. The lowest BCUT2D eigenvalue weighted by atomic mass is 10.2. The molecule has 0 unspecified atom stereocenters. The number of rotatable bonds is 6. The molecule has 1 amide bonds. The third kappa shape index (κ3) is 3.67. The zero-order chi connectivity index (χ0) is 20.3. The minimum atomic E-state index is -3.69. The Morgan fingerprint density at radius 2 is 1.82 bits per heavy atom. The highest BCUT2D eigenvalue weighted by atomic mass is 32.2. The Balaban J connectivity index is 1.91. The van der Waals surface area contributed by atoms with Gasteiger partial charge in [0.05, 0.1) is 10.4 Å². The average Bonchev–Trinajstić information content (AvgIpc) is 3.02. The van der Waals surface area contributed by atoms with Crippen LogP contribution in [0.25, 0.3) is 10.9 Å². The molecule has 3 rings (SSSR count). The Kier molecular flexibility index (Phi) is 5.57. The summed E-state index contributed by atoms with van der Waals surface area (Å²) < 4.78 is 26.6. The Morgan fingerprint density at radius 3 is 2.54 bits per heavy atom. The lowest BCUT2D eigenvalue weighted by molar-refractivity contribution is 0.0995. The van der Waals surface area contributed by atoms with Crippen molar-refractivity contribution in [1.82, 2.24) is 9.29 Å². The second-order valence-electron chi connectivity index (χ2n) is 5.99. The van der Waals surface area contributed by atoms with Gasteiger partial charge in [-0.2, -0.15) is 4.31 Å². The smallest absolute Gasteiger partial charge is 0.295 e. The van der Waals surface area contributed by atoms with Gasteiger partial charge in [-0.15, -0.1) is 10.2 Å². The SMILES string of the molecule is CCN(CC)S(=O)(=O)c1cccc(C(=O)N=Nc2c(O)[nH]c3ccccc23)c1. The van der Waals surface area contributed by atoms with Crippen LogP contribution in [-0.2, 0) is 10.0 Å². The van der Waals surface area contributed by atoms with E-state index in [9.17, 15) is 18.3 Å². The number of hydrogen-bond acceptors (Lipinski definition) is 5. The van der Waals surface area contributed by atoms with Crippen molar-refractivity contribution in [2.24, 2.45) is 10.2 Å². The van der Waals surface area contributed by atoms with Gasteiger partial charge in [-0.05, 0) is 24.3 Å². The van der Waals surface area contributed by atoms with Crippen LogP contribution in [0.15, 0.2) is 63.7 Å². The Labute approximate surface area is 162 Å². The third-order valence-electron chi connectivity index (χ3n) is 4.32. The number of para-hydroxylation sites is 1. The first-order valence-electron chi connectivity index (χ1n) is 8.74. The molecule has 0 bridgehead atoms. The minimum absolute atomic E-state index is 0.0205. The maximum absolute atomic E-state index is 12.6. The molecule has 28 heavy (non-hydrogen) atoms. The van der Waals surface area contributed by atoms with Gasteiger partial charge in [0.2, 0.25) is 15.9 Å². The Morgan fingerprint density at radius 1 is 1.11 bits per heavy atom. The standard InChI is InChI=1S/C19H20N4O4S/c1-3-23(4-2)28(26,27)14-9-7-8-13(12-14)18(24)22-21-17-15-10-5-6-11-16(15)20-19(17)25/h5-12,20,25H,3-4H2,1-2H3. The van der Waals surface area contributed by atoms with Crippen LogP contribution in [0.1, 0.15) is 24.2 Å². The van der Waals surface area contributed by atoms with Crippen LogP contribution in [-0.4, -0.2) is 41.8 Å². The molecule has 8 nitrogen and oxygen atoms in total. The van der Waals surface area contributed by atoms with Crippen molar-refractivity contribution in [1.29, 1.82) is 0 Å². The first-order valence-corrected chi connectivity index (χ1v) is 10.2. The average molecular weight is 400 g/mol. The molecule has 0 radical (unpaired) electrons. The predicted molar refractivity (Wildman–Crippen MR) is 105 cm³/mol. The topological polar surface area (TPSA) is 115 Å². The van der Waals surface area contributed by atoms with E-state index in [-0.39, 0.29) is 22.0 Å². The van der Waals surface area contributed by atoms with E-state index in [4.69, 9.17) is 0 Å². The molecule has 0 fully saturated rings. The summed E-state index contributed by atoms with van der Waals surface area (Å²) in [4.78, 5) is 15.2. The summed E-state index contributed by atoms with van der Waals surface area (Å²) in [6, 6.07) is 12.8. The summed E-state index contributed by atoms with van der Waals surface area (Å²) >= 11 is 0. The van der Waals surface area contributed by atoms with Crippen molar-refractivity contribution in [2.75, 3.05) is 13.1 Å². The molecule has 2 N–H and O–H groups in total. The number of azo groups is 1. The molecule has 0 saturated carbocycles. The molecule has 1 aromatic heterocycles. The highest BCUT2D eigenvalue weighted by molar-refractivity contribution is 7.89. The molecule has 9 heteroatoms. The zero-order valence-corrected chi connectivity index (χ0v) is 16.3. The number of nitrogens with zero attached hydrogens (tertiary/aromatic N) is 3. The van der Waals surface area contributed by atoms with Gasteiger partial charge in [0.25, 0.3) is 5.91 Å². The van der Waals surface area contributed by atoms with Crippen molar-refractivity contribution < 1.29 is 18.3 Å². The van der Waals surface area contributed by atoms with Crippen LogP contribution < -0.4 is 0 Å². The molecule has 3 aromatic rings. The fourth-order valence-corrected chi connectivity index (χ4v) is 4.37. The number of amides is 1. The van der Waals surface area contributed by atoms with E-state index in [1.807, 2.05) is 0 Å². The van der Waals surface area contributed by atoms with Crippen LogP contribution in [0.4, 0.5) is 5.69 Å². The van der Waals surface area contributed by atoms with Crippen LogP contribution >= 0.6 is 0 Å². The normalized spacial score (nSPS) is 12.2. The molecule has 2 aromatic carbocycles. The molecule has 0 saturated heterocycles. The molecule has 0 atom stereocenters. The predicted octanol–water partition coefficient (Wildman–Crippen LogP) is 3.83.